The van der Waals surface area contributed by atoms with Crippen molar-refractivity contribution in [2.75, 3.05) is 11.4 Å². The monoisotopic (exact) mass is 580 g/mol. The number of hydrogen-bond donors (Lipinski definition) is 2. The van der Waals surface area contributed by atoms with Crippen LogP contribution in [0.5, 0.6) is 0 Å². The smallest absolute Gasteiger partial charge is 0.273 e. The summed E-state index contributed by atoms with van der Waals surface area (Å²) >= 11 is 2.93. The lowest BCUT2D eigenvalue weighted by molar-refractivity contribution is -0.667. The Hall–Kier alpha value is -2.47. The molecule has 4 rings (SSSR count). The van der Waals surface area contributed by atoms with Gasteiger partial charge in [0, 0.05) is 17.5 Å². The number of aryl methyl sites for hydroxylation is 1. The van der Waals surface area contributed by atoms with E-state index in [1.807, 2.05) is 46.7 Å². The second-order valence-electron chi connectivity index (χ2n) is 8.99. The van der Waals surface area contributed by atoms with E-state index in [4.69, 9.17) is 0 Å². The van der Waals surface area contributed by atoms with Crippen molar-refractivity contribution in [3.05, 3.63) is 57.6 Å². The number of rotatable bonds is 8. The maximum absolute atomic E-state index is 11.8. The van der Waals surface area contributed by atoms with Gasteiger partial charge in [-0.15, -0.1) is 0 Å². The van der Waals surface area contributed by atoms with Gasteiger partial charge in [0.15, 0.2) is 6.54 Å². The quantitative estimate of drug-likeness (QED) is 0.296. The SMILES string of the molecule is Cc1ccc2sc(C=C3Sc4ccc(C#N)cc4N3CCC(C)S(=O)(=O)O)[n+](CC(C)S(=O)(=O)O)c2c1. The van der Waals surface area contributed by atoms with Crippen LogP contribution in [0.3, 0.4) is 0 Å². The first-order chi connectivity index (χ1) is 17.3. The summed E-state index contributed by atoms with van der Waals surface area (Å²) in [5.74, 6) is 0. The van der Waals surface area contributed by atoms with E-state index < -0.39 is 30.7 Å². The Labute approximate surface area is 224 Å². The van der Waals surface area contributed by atoms with E-state index in [-0.39, 0.29) is 19.5 Å². The standard InChI is InChI=1S/C24H25N3O6S4/c1-15-4-6-21-19(10-15)27(14-17(3)37(31,32)33)24(35-21)12-23-26(9-8-16(2)36(28,29)30)20-11-18(13-25)5-7-22(20)34-23/h4-7,10-12,16-17H,8-9,14H2,1-3H3,(H-,28,29,30,31,32,33)/p+1. The summed E-state index contributed by atoms with van der Waals surface area (Å²) in [6.07, 6.45) is 2.06. The third kappa shape index (κ3) is 6.00. The molecular formula is C24H26N3O6S4+. The van der Waals surface area contributed by atoms with Gasteiger partial charge in [0.25, 0.3) is 25.2 Å². The molecule has 9 nitrogen and oxygen atoms in total. The van der Waals surface area contributed by atoms with Crippen molar-refractivity contribution in [2.24, 2.45) is 0 Å². The molecule has 0 saturated carbocycles. The highest BCUT2D eigenvalue weighted by atomic mass is 32.2. The molecule has 0 amide bonds. The van der Waals surface area contributed by atoms with E-state index in [9.17, 15) is 31.2 Å². The van der Waals surface area contributed by atoms with Crippen molar-refractivity contribution in [3.63, 3.8) is 0 Å². The summed E-state index contributed by atoms with van der Waals surface area (Å²) in [5, 5.41) is 8.90. The molecular weight excluding hydrogens is 555 g/mol. The van der Waals surface area contributed by atoms with Gasteiger partial charge in [0.2, 0.25) is 5.52 Å². The Morgan fingerprint density at radius 1 is 1.08 bits per heavy atom. The Bertz CT molecular complexity index is 1660. The van der Waals surface area contributed by atoms with Gasteiger partial charge in [0.05, 0.1) is 33.7 Å². The van der Waals surface area contributed by atoms with Crippen LogP contribution < -0.4 is 9.47 Å². The first kappa shape index (κ1) is 27.6. The van der Waals surface area contributed by atoms with E-state index in [1.54, 1.807) is 12.1 Å². The van der Waals surface area contributed by atoms with E-state index >= 15 is 0 Å². The molecule has 0 saturated heterocycles. The number of benzene rings is 2. The Kier molecular flexibility index (Phi) is 7.72. The van der Waals surface area contributed by atoms with Gasteiger partial charge >= 0.3 is 0 Å². The lowest BCUT2D eigenvalue weighted by Gasteiger charge is -2.21. The van der Waals surface area contributed by atoms with Gasteiger partial charge in [0.1, 0.15) is 9.95 Å². The summed E-state index contributed by atoms with van der Waals surface area (Å²) in [6.45, 7) is 5.14. The lowest BCUT2D eigenvalue weighted by Crippen LogP contribution is -2.42. The van der Waals surface area contributed by atoms with Crippen LogP contribution in [0.4, 0.5) is 5.69 Å². The van der Waals surface area contributed by atoms with Crippen LogP contribution in [0.1, 0.15) is 36.4 Å². The number of fused-ring (bicyclic) bond motifs is 2. The first-order valence-electron chi connectivity index (χ1n) is 11.3. The zero-order chi connectivity index (χ0) is 27.1. The number of anilines is 1. The van der Waals surface area contributed by atoms with E-state index in [1.165, 1.54) is 36.9 Å². The molecule has 2 atom stereocenters. The molecule has 0 fully saturated rings. The third-order valence-corrected chi connectivity index (χ3v) is 10.9. The second kappa shape index (κ2) is 10.4. The van der Waals surface area contributed by atoms with Crippen molar-refractivity contribution in [3.8, 4) is 6.07 Å². The second-order valence-corrected chi connectivity index (χ2v) is 14.8. The predicted octanol–water partition coefficient (Wildman–Crippen LogP) is 4.22. The van der Waals surface area contributed by atoms with Crippen LogP contribution >= 0.6 is 23.1 Å². The molecule has 2 N–H and O–H groups in total. The minimum atomic E-state index is -4.26. The Balaban J connectivity index is 1.82. The minimum Gasteiger partial charge on any atom is -0.335 e. The summed E-state index contributed by atoms with van der Waals surface area (Å²) in [4.78, 5) is 2.80. The fourth-order valence-electron chi connectivity index (χ4n) is 3.93. The molecule has 1 aliphatic rings. The van der Waals surface area contributed by atoms with Crippen LogP contribution in [0.25, 0.3) is 16.3 Å². The van der Waals surface area contributed by atoms with Crippen LogP contribution in [0, 0.1) is 18.3 Å². The number of thiazole rings is 1. The number of aromatic nitrogens is 1. The molecule has 1 aromatic heterocycles. The molecule has 2 aromatic carbocycles. The van der Waals surface area contributed by atoms with Gasteiger partial charge in [-0.2, -0.15) is 26.7 Å². The van der Waals surface area contributed by atoms with Gasteiger partial charge < -0.3 is 4.90 Å². The van der Waals surface area contributed by atoms with Crippen LogP contribution in [-0.4, -0.2) is 43.0 Å². The zero-order valence-electron chi connectivity index (χ0n) is 20.3. The normalized spacial score (nSPS) is 16.6. The van der Waals surface area contributed by atoms with Gasteiger partial charge in [-0.25, -0.2) is 0 Å². The number of hydrogen-bond acceptors (Lipinski definition) is 8. The Morgan fingerprint density at radius 2 is 1.78 bits per heavy atom. The summed E-state index contributed by atoms with van der Waals surface area (Å²) < 4.78 is 68.8. The molecule has 0 bridgehead atoms. The number of nitriles is 1. The zero-order valence-corrected chi connectivity index (χ0v) is 23.6. The van der Waals surface area contributed by atoms with Crippen molar-refractivity contribution < 1.29 is 30.5 Å². The number of thioether (sulfide) groups is 1. The number of nitrogens with zero attached hydrogens (tertiary/aromatic N) is 3. The highest BCUT2D eigenvalue weighted by Gasteiger charge is 2.31. The summed E-state index contributed by atoms with van der Waals surface area (Å²) in [5.41, 5.74) is 3.06. The molecule has 1 aliphatic heterocycles. The van der Waals surface area contributed by atoms with Crippen molar-refractivity contribution >= 4 is 65.3 Å². The van der Waals surface area contributed by atoms with Crippen molar-refractivity contribution in [2.45, 2.75) is 49.1 Å². The maximum Gasteiger partial charge on any atom is 0.273 e. The largest absolute Gasteiger partial charge is 0.335 e. The molecule has 0 radical (unpaired) electrons. The third-order valence-electron chi connectivity index (χ3n) is 6.21. The van der Waals surface area contributed by atoms with E-state index in [0.717, 1.165) is 36.4 Å². The maximum atomic E-state index is 11.8. The van der Waals surface area contributed by atoms with Crippen LogP contribution in [0.2, 0.25) is 0 Å². The summed E-state index contributed by atoms with van der Waals surface area (Å²) in [7, 11) is -8.46. The fraction of sp³-hybridized carbons (Fsp3) is 0.333. The Morgan fingerprint density at radius 3 is 2.43 bits per heavy atom. The van der Waals surface area contributed by atoms with Gasteiger partial charge in [-0.3, -0.25) is 9.11 Å². The molecule has 2 heterocycles. The topological polar surface area (TPSA) is 140 Å². The molecule has 0 spiro atoms. The molecule has 13 heteroatoms. The fourth-order valence-corrected chi connectivity index (χ4v) is 6.94. The molecule has 37 heavy (non-hydrogen) atoms. The van der Waals surface area contributed by atoms with Crippen molar-refractivity contribution in [1.82, 2.24) is 0 Å². The van der Waals surface area contributed by atoms with Crippen molar-refractivity contribution in [1.29, 1.82) is 5.26 Å². The van der Waals surface area contributed by atoms with E-state index in [2.05, 4.69) is 6.07 Å². The average Bonchev–Trinajstić information content (AvgIpc) is 3.32. The average molecular weight is 581 g/mol. The molecule has 3 aromatic rings. The first-order valence-corrected chi connectivity index (χ1v) is 16.0. The molecule has 0 aliphatic carbocycles. The predicted molar refractivity (Wildman–Crippen MR) is 146 cm³/mol. The summed E-state index contributed by atoms with van der Waals surface area (Å²) in [6, 6.07) is 13.3. The lowest BCUT2D eigenvalue weighted by atomic mass is 10.2. The van der Waals surface area contributed by atoms with Gasteiger partial charge in [-0.1, -0.05) is 29.2 Å². The molecule has 196 valence electrons. The van der Waals surface area contributed by atoms with Gasteiger partial charge in [-0.05, 0) is 57.0 Å². The minimum absolute atomic E-state index is 0.0391. The molecule has 2 unspecified atom stereocenters. The highest BCUT2D eigenvalue weighted by Crippen LogP contribution is 2.47. The van der Waals surface area contributed by atoms with Crippen LogP contribution in [-0.2, 0) is 26.8 Å². The highest BCUT2D eigenvalue weighted by molar-refractivity contribution is 8.04. The van der Waals surface area contributed by atoms with Crippen LogP contribution in [0.15, 0.2) is 46.3 Å². The van der Waals surface area contributed by atoms with E-state index in [0.29, 0.717) is 5.56 Å².